The summed E-state index contributed by atoms with van der Waals surface area (Å²) in [5, 5.41) is 1.63. The van der Waals surface area contributed by atoms with Crippen molar-refractivity contribution in [2.45, 2.75) is 17.1 Å². The van der Waals surface area contributed by atoms with Crippen LogP contribution >= 0.6 is 45.9 Å². The van der Waals surface area contributed by atoms with E-state index in [0.29, 0.717) is 54.9 Å². The van der Waals surface area contributed by atoms with Crippen molar-refractivity contribution in [2.75, 3.05) is 44.2 Å². The van der Waals surface area contributed by atoms with Gasteiger partial charge in [0.25, 0.3) is 10.0 Å². The zero-order chi connectivity index (χ0) is 23.2. The average molecular weight is 546 g/mol. The van der Waals surface area contributed by atoms with E-state index in [9.17, 15) is 13.2 Å². The Morgan fingerprint density at radius 2 is 1.82 bits per heavy atom. The summed E-state index contributed by atoms with van der Waals surface area (Å²) in [5.41, 5.74) is 0.924. The second-order valence-corrected chi connectivity index (χ2v) is 13.5. The third-order valence-corrected chi connectivity index (χ3v) is 11.0. The number of benzene rings is 1. The van der Waals surface area contributed by atoms with Crippen molar-refractivity contribution in [3.8, 4) is 0 Å². The van der Waals surface area contributed by atoms with Crippen molar-refractivity contribution < 1.29 is 13.2 Å². The maximum absolute atomic E-state index is 13.2. The summed E-state index contributed by atoms with van der Waals surface area (Å²) < 4.78 is 29.1. The predicted molar refractivity (Wildman–Crippen MR) is 134 cm³/mol. The molecule has 1 amide bonds. The Morgan fingerprint density at radius 3 is 2.55 bits per heavy atom. The van der Waals surface area contributed by atoms with Crippen LogP contribution < -0.4 is 4.90 Å². The summed E-state index contributed by atoms with van der Waals surface area (Å²) in [6.07, 6.45) is 1.37. The van der Waals surface area contributed by atoms with E-state index in [1.54, 1.807) is 17.4 Å². The first kappa shape index (κ1) is 23.3. The SMILES string of the molecule is O=C(C1CCCN(S(=O)(=O)c2ccc(Cl)s2)C1)N1CCN(c2nc3ccc(Cl)cc3s2)CC1. The number of nitrogens with zero attached hydrogens (tertiary/aromatic N) is 4. The van der Waals surface area contributed by atoms with Gasteiger partial charge in [0.2, 0.25) is 5.91 Å². The third kappa shape index (κ3) is 4.74. The topological polar surface area (TPSA) is 73.8 Å². The Balaban J connectivity index is 1.22. The van der Waals surface area contributed by atoms with Crippen molar-refractivity contribution >= 4 is 77.2 Å². The fourth-order valence-corrected chi connectivity index (χ4v) is 8.78. The molecule has 1 unspecified atom stereocenters. The first-order valence-corrected chi connectivity index (χ1v) is 14.5. The van der Waals surface area contributed by atoms with E-state index in [4.69, 9.17) is 28.2 Å². The third-order valence-electron chi connectivity index (χ3n) is 6.08. The number of sulfonamides is 1. The molecule has 3 aromatic rings. The van der Waals surface area contributed by atoms with Crippen LogP contribution in [0, 0.1) is 5.92 Å². The number of rotatable bonds is 4. The minimum atomic E-state index is -3.63. The number of fused-ring (bicyclic) bond motifs is 1. The van der Waals surface area contributed by atoms with Gasteiger partial charge in [0.1, 0.15) is 4.21 Å². The van der Waals surface area contributed by atoms with Gasteiger partial charge in [0.05, 0.1) is 20.5 Å². The highest BCUT2D eigenvalue weighted by Crippen LogP contribution is 2.33. The number of carbonyl (C=O) groups excluding carboxylic acids is 1. The summed E-state index contributed by atoms with van der Waals surface area (Å²) in [5.74, 6) is -0.282. The van der Waals surface area contributed by atoms with Crippen molar-refractivity contribution in [1.82, 2.24) is 14.2 Å². The Labute approximate surface area is 210 Å². The van der Waals surface area contributed by atoms with Crippen LogP contribution in [0.25, 0.3) is 10.2 Å². The molecule has 7 nitrogen and oxygen atoms in total. The van der Waals surface area contributed by atoms with Gasteiger partial charge < -0.3 is 9.80 Å². The maximum atomic E-state index is 13.2. The zero-order valence-electron chi connectivity index (χ0n) is 17.6. The molecule has 2 aliphatic heterocycles. The second-order valence-electron chi connectivity index (χ2n) is 8.18. The van der Waals surface area contributed by atoms with E-state index in [1.807, 2.05) is 23.1 Å². The van der Waals surface area contributed by atoms with Crippen LogP contribution in [-0.2, 0) is 14.8 Å². The van der Waals surface area contributed by atoms with Gasteiger partial charge in [-0.3, -0.25) is 4.79 Å². The molecule has 2 fully saturated rings. The van der Waals surface area contributed by atoms with Crippen LogP contribution in [0.2, 0.25) is 9.36 Å². The van der Waals surface area contributed by atoms with Gasteiger partial charge in [-0.2, -0.15) is 4.31 Å². The monoisotopic (exact) mass is 544 g/mol. The predicted octanol–water partition coefficient (Wildman–Crippen LogP) is 4.41. The van der Waals surface area contributed by atoms with Gasteiger partial charge in [-0.25, -0.2) is 13.4 Å². The lowest BCUT2D eigenvalue weighted by molar-refractivity contribution is -0.137. The lowest BCUT2D eigenvalue weighted by Gasteiger charge is -2.38. The summed E-state index contributed by atoms with van der Waals surface area (Å²) in [6.45, 7) is 3.23. The molecular formula is C21H22Cl2N4O3S3. The van der Waals surface area contributed by atoms with Crippen LogP contribution in [0.15, 0.2) is 34.5 Å². The van der Waals surface area contributed by atoms with Gasteiger partial charge in [0.15, 0.2) is 5.13 Å². The number of hydrogen-bond donors (Lipinski definition) is 0. The van der Waals surface area contributed by atoms with Crippen LogP contribution in [0.4, 0.5) is 5.13 Å². The van der Waals surface area contributed by atoms with Crippen molar-refractivity contribution in [1.29, 1.82) is 0 Å². The van der Waals surface area contributed by atoms with Crippen LogP contribution in [0.3, 0.4) is 0 Å². The molecule has 12 heteroatoms. The molecule has 0 N–H and O–H groups in total. The highest BCUT2D eigenvalue weighted by molar-refractivity contribution is 7.91. The molecule has 176 valence electrons. The summed E-state index contributed by atoms with van der Waals surface area (Å²) in [7, 11) is -3.63. The molecule has 33 heavy (non-hydrogen) atoms. The molecule has 2 saturated heterocycles. The molecule has 0 radical (unpaired) electrons. The van der Waals surface area contributed by atoms with E-state index in [1.165, 1.54) is 10.4 Å². The standard InChI is InChI=1S/C21H22Cl2N4O3S3/c22-15-3-4-16-17(12-15)31-21(24-16)26-10-8-25(9-11-26)20(28)14-2-1-7-27(13-14)33(29,30)19-6-5-18(23)32-19/h3-6,12,14H,1-2,7-11,13H2. The smallest absolute Gasteiger partial charge is 0.252 e. The number of thiazole rings is 1. The van der Waals surface area contributed by atoms with E-state index in [0.717, 1.165) is 26.7 Å². The van der Waals surface area contributed by atoms with Gasteiger partial charge in [-0.15, -0.1) is 11.3 Å². The molecule has 4 heterocycles. The lowest BCUT2D eigenvalue weighted by Crippen LogP contribution is -2.53. The molecule has 2 aromatic heterocycles. The largest absolute Gasteiger partial charge is 0.345 e. The van der Waals surface area contributed by atoms with Gasteiger partial charge in [-0.05, 0) is 43.2 Å². The number of piperazine rings is 1. The fraction of sp³-hybridized carbons (Fsp3) is 0.429. The highest BCUT2D eigenvalue weighted by Gasteiger charge is 2.36. The van der Waals surface area contributed by atoms with Gasteiger partial charge >= 0.3 is 0 Å². The van der Waals surface area contributed by atoms with E-state index in [-0.39, 0.29) is 22.6 Å². The minimum Gasteiger partial charge on any atom is -0.345 e. The number of hydrogen-bond acceptors (Lipinski definition) is 7. The number of carbonyl (C=O) groups is 1. The highest BCUT2D eigenvalue weighted by atomic mass is 35.5. The summed E-state index contributed by atoms with van der Waals surface area (Å²) in [4.78, 5) is 22.0. The first-order chi connectivity index (χ1) is 15.8. The molecule has 5 rings (SSSR count). The normalized spacial score (nSPS) is 20.5. The summed E-state index contributed by atoms with van der Waals surface area (Å²) in [6, 6.07) is 8.80. The molecule has 0 aliphatic carbocycles. The van der Waals surface area contributed by atoms with E-state index < -0.39 is 10.0 Å². The molecule has 1 aromatic carbocycles. The van der Waals surface area contributed by atoms with Gasteiger partial charge in [0, 0.05) is 44.3 Å². The Bertz CT molecular complexity index is 1280. The number of aromatic nitrogens is 1. The molecule has 1 atom stereocenters. The number of piperidine rings is 1. The lowest BCUT2D eigenvalue weighted by atomic mass is 9.98. The molecule has 0 saturated carbocycles. The number of thiophene rings is 1. The molecule has 0 bridgehead atoms. The molecule has 2 aliphatic rings. The Morgan fingerprint density at radius 1 is 1.03 bits per heavy atom. The van der Waals surface area contributed by atoms with Crippen LogP contribution in [0.5, 0.6) is 0 Å². The summed E-state index contributed by atoms with van der Waals surface area (Å²) >= 11 is 14.7. The zero-order valence-corrected chi connectivity index (χ0v) is 21.6. The Kier molecular flexibility index (Phi) is 6.58. The quantitative estimate of drug-likeness (QED) is 0.486. The number of amides is 1. The number of halogens is 2. The fourth-order valence-electron chi connectivity index (χ4n) is 4.32. The molecule has 0 spiro atoms. The maximum Gasteiger partial charge on any atom is 0.252 e. The minimum absolute atomic E-state index is 0.0369. The van der Waals surface area contributed by atoms with E-state index in [2.05, 4.69) is 4.90 Å². The van der Waals surface area contributed by atoms with E-state index >= 15 is 0 Å². The average Bonchev–Trinajstić information content (AvgIpc) is 3.45. The van der Waals surface area contributed by atoms with Gasteiger partial charge in [-0.1, -0.05) is 34.5 Å². The van der Waals surface area contributed by atoms with Crippen molar-refractivity contribution in [3.05, 3.63) is 39.7 Å². The van der Waals surface area contributed by atoms with Crippen LogP contribution in [-0.4, -0.2) is 67.8 Å². The molecular weight excluding hydrogens is 523 g/mol. The van der Waals surface area contributed by atoms with Crippen molar-refractivity contribution in [2.24, 2.45) is 5.92 Å². The van der Waals surface area contributed by atoms with Crippen LogP contribution in [0.1, 0.15) is 12.8 Å². The second kappa shape index (κ2) is 9.31. The number of anilines is 1. The first-order valence-electron chi connectivity index (χ1n) is 10.7. The van der Waals surface area contributed by atoms with Crippen molar-refractivity contribution in [3.63, 3.8) is 0 Å². The Hall–Kier alpha value is -1.43.